The van der Waals surface area contributed by atoms with Crippen molar-refractivity contribution < 1.29 is 23.2 Å². The molecule has 0 N–H and O–H groups in total. The van der Waals surface area contributed by atoms with Crippen LogP contribution < -0.4 is 14.2 Å². The summed E-state index contributed by atoms with van der Waals surface area (Å²) in [5.74, 6) is 3.52. The smallest absolute Gasteiger partial charge is 0.247 e. The lowest BCUT2D eigenvalue weighted by Crippen LogP contribution is -1.92. The summed E-state index contributed by atoms with van der Waals surface area (Å²) in [7, 11) is 4.76. The molecule has 0 aliphatic heterocycles. The monoisotopic (exact) mass is 394 g/mol. The van der Waals surface area contributed by atoms with Gasteiger partial charge in [-0.15, -0.1) is 10.2 Å². The number of ether oxygens (including phenoxy) is 3. The van der Waals surface area contributed by atoms with Crippen LogP contribution in [0.3, 0.4) is 0 Å². The zero-order valence-corrected chi connectivity index (χ0v) is 16.1. The fourth-order valence-corrected chi connectivity index (χ4v) is 2.72. The van der Waals surface area contributed by atoms with Crippen LogP contribution in [0.1, 0.15) is 11.8 Å². The van der Waals surface area contributed by atoms with E-state index in [2.05, 4.69) is 20.3 Å². The zero-order valence-electron chi connectivity index (χ0n) is 16.1. The van der Waals surface area contributed by atoms with Gasteiger partial charge in [0, 0.05) is 11.1 Å². The Morgan fingerprint density at radius 2 is 1.55 bits per heavy atom. The summed E-state index contributed by atoms with van der Waals surface area (Å²) in [5.41, 5.74) is 1.53. The number of hydrogen-bond acceptors (Lipinski definition) is 9. The van der Waals surface area contributed by atoms with E-state index < -0.39 is 0 Å². The van der Waals surface area contributed by atoms with Gasteiger partial charge in [-0.2, -0.15) is 4.98 Å². The minimum atomic E-state index is 0.226. The normalized spacial score (nSPS) is 10.7. The Hall–Kier alpha value is -3.88. The molecule has 4 aromatic rings. The summed E-state index contributed by atoms with van der Waals surface area (Å²) in [4.78, 5) is 4.39. The van der Waals surface area contributed by atoms with Gasteiger partial charge >= 0.3 is 0 Å². The topological polar surface area (TPSA) is 106 Å². The number of hydrogen-bond donors (Lipinski definition) is 0. The van der Waals surface area contributed by atoms with Crippen molar-refractivity contribution in [2.45, 2.75) is 6.42 Å². The summed E-state index contributed by atoms with van der Waals surface area (Å²) < 4.78 is 26.7. The third kappa shape index (κ3) is 3.88. The summed E-state index contributed by atoms with van der Waals surface area (Å²) in [6.07, 6.45) is 0.226. The molecule has 0 spiro atoms. The molecule has 148 valence electrons. The summed E-state index contributed by atoms with van der Waals surface area (Å²) in [6, 6.07) is 12.7. The predicted octanol–water partition coefficient (Wildman–Crippen LogP) is 3.40. The number of methoxy groups -OCH3 is 3. The van der Waals surface area contributed by atoms with Crippen LogP contribution in [-0.4, -0.2) is 41.7 Å². The van der Waals surface area contributed by atoms with E-state index in [1.54, 1.807) is 33.5 Å². The first-order chi connectivity index (χ1) is 14.2. The van der Waals surface area contributed by atoms with Crippen LogP contribution in [0.5, 0.6) is 17.2 Å². The Morgan fingerprint density at radius 1 is 0.793 bits per heavy atom. The van der Waals surface area contributed by atoms with Crippen molar-refractivity contribution in [2.24, 2.45) is 0 Å². The molecule has 0 aliphatic carbocycles. The quantitative estimate of drug-likeness (QED) is 0.466. The Bertz CT molecular complexity index is 1100. The molecule has 2 aromatic heterocycles. The van der Waals surface area contributed by atoms with E-state index in [1.165, 1.54) is 0 Å². The van der Waals surface area contributed by atoms with Gasteiger partial charge in [-0.05, 0) is 42.5 Å². The lowest BCUT2D eigenvalue weighted by molar-refractivity contribution is 0.355. The number of aromatic nitrogens is 4. The molecule has 4 rings (SSSR count). The van der Waals surface area contributed by atoms with Crippen LogP contribution in [0.2, 0.25) is 0 Å². The Balaban J connectivity index is 1.50. The molecule has 0 radical (unpaired) electrons. The molecule has 0 unspecified atom stereocenters. The minimum absolute atomic E-state index is 0.226. The van der Waals surface area contributed by atoms with Crippen LogP contribution >= 0.6 is 0 Å². The third-order valence-electron chi connectivity index (χ3n) is 4.22. The molecule has 0 aliphatic rings. The van der Waals surface area contributed by atoms with Gasteiger partial charge in [0.25, 0.3) is 0 Å². The highest BCUT2D eigenvalue weighted by Gasteiger charge is 2.16. The Labute approximate surface area is 166 Å². The van der Waals surface area contributed by atoms with Gasteiger partial charge in [0.15, 0.2) is 11.5 Å². The first kappa shape index (κ1) is 18.5. The molecule has 9 nitrogen and oxygen atoms in total. The first-order valence-electron chi connectivity index (χ1n) is 8.72. The summed E-state index contributed by atoms with van der Waals surface area (Å²) in [6.45, 7) is 0. The van der Waals surface area contributed by atoms with Crippen molar-refractivity contribution in [1.82, 2.24) is 20.3 Å². The van der Waals surface area contributed by atoms with Crippen molar-refractivity contribution in [3.8, 4) is 40.1 Å². The summed E-state index contributed by atoms with van der Waals surface area (Å²) >= 11 is 0. The summed E-state index contributed by atoms with van der Waals surface area (Å²) in [5, 5.41) is 12.1. The van der Waals surface area contributed by atoms with Gasteiger partial charge in [0.05, 0.1) is 21.3 Å². The van der Waals surface area contributed by atoms with Gasteiger partial charge in [-0.1, -0.05) is 5.16 Å². The van der Waals surface area contributed by atoms with Crippen molar-refractivity contribution in [3.05, 3.63) is 54.2 Å². The molecular weight excluding hydrogens is 376 g/mol. The molecule has 0 bridgehead atoms. The van der Waals surface area contributed by atoms with Crippen molar-refractivity contribution in [3.63, 3.8) is 0 Å². The molecular formula is C20H18N4O5. The lowest BCUT2D eigenvalue weighted by Gasteiger charge is -2.07. The van der Waals surface area contributed by atoms with Gasteiger partial charge in [-0.25, -0.2) is 0 Å². The van der Waals surface area contributed by atoms with Crippen LogP contribution in [-0.2, 0) is 6.42 Å². The maximum absolute atomic E-state index is 5.70. The first-order valence-corrected chi connectivity index (χ1v) is 8.72. The third-order valence-corrected chi connectivity index (χ3v) is 4.22. The zero-order chi connectivity index (χ0) is 20.2. The van der Waals surface area contributed by atoms with Gasteiger partial charge in [-0.3, -0.25) is 0 Å². The molecule has 0 amide bonds. The lowest BCUT2D eigenvalue weighted by atomic mass is 10.2. The highest BCUT2D eigenvalue weighted by Crippen LogP contribution is 2.31. The second kappa shape index (κ2) is 8.01. The van der Waals surface area contributed by atoms with Crippen molar-refractivity contribution in [2.75, 3.05) is 21.3 Å². The average Bonchev–Trinajstić information content (AvgIpc) is 3.43. The maximum atomic E-state index is 5.70. The molecule has 2 heterocycles. The highest BCUT2D eigenvalue weighted by atomic mass is 16.5. The molecule has 2 aromatic carbocycles. The van der Waals surface area contributed by atoms with Crippen LogP contribution in [0.4, 0.5) is 0 Å². The fourth-order valence-electron chi connectivity index (χ4n) is 2.72. The minimum Gasteiger partial charge on any atom is -0.497 e. The number of rotatable bonds is 7. The largest absolute Gasteiger partial charge is 0.497 e. The van der Waals surface area contributed by atoms with Crippen LogP contribution in [0.15, 0.2) is 51.4 Å². The van der Waals surface area contributed by atoms with E-state index in [0.29, 0.717) is 35.0 Å². The van der Waals surface area contributed by atoms with E-state index in [0.717, 1.165) is 16.9 Å². The average molecular weight is 394 g/mol. The highest BCUT2D eigenvalue weighted by molar-refractivity contribution is 5.60. The maximum Gasteiger partial charge on any atom is 0.247 e. The second-order valence-corrected chi connectivity index (χ2v) is 5.99. The fraction of sp³-hybridized carbons (Fsp3) is 0.200. The van der Waals surface area contributed by atoms with Gasteiger partial charge < -0.3 is 23.2 Å². The van der Waals surface area contributed by atoms with E-state index in [1.807, 2.05) is 30.3 Å². The molecule has 0 saturated carbocycles. The predicted molar refractivity (Wildman–Crippen MR) is 102 cm³/mol. The van der Waals surface area contributed by atoms with E-state index >= 15 is 0 Å². The van der Waals surface area contributed by atoms with Gasteiger partial charge in [0.2, 0.25) is 23.5 Å². The van der Waals surface area contributed by atoms with E-state index in [-0.39, 0.29) is 6.42 Å². The molecule has 0 fully saturated rings. The van der Waals surface area contributed by atoms with E-state index in [9.17, 15) is 0 Å². The standard InChI is InChI=1S/C20H18N4O5/c1-25-14-7-4-12(5-8-14)20-23-22-18(28-20)11-17-21-19(24-29-17)13-6-9-15(26-2)16(10-13)27-3/h4-10H,11H2,1-3H3. The second-order valence-electron chi connectivity index (χ2n) is 5.99. The Kier molecular flexibility index (Phi) is 5.10. The molecule has 0 saturated heterocycles. The van der Waals surface area contributed by atoms with Gasteiger partial charge in [0.1, 0.15) is 12.2 Å². The van der Waals surface area contributed by atoms with Crippen molar-refractivity contribution >= 4 is 0 Å². The van der Waals surface area contributed by atoms with E-state index in [4.69, 9.17) is 23.2 Å². The van der Waals surface area contributed by atoms with Crippen molar-refractivity contribution in [1.29, 1.82) is 0 Å². The molecule has 0 atom stereocenters. The Morgan fingerprint density at radius 3 is 2.28 bits per heavy atom. The number of nitrogens with zero attached hydrogens (tertiary/aromatic N) is 4. The molecule has 29 heavy (non-hydrogen) atoms. The van der Waals surface area contributed by atoms with Crippen LogP contribution in [0, 0.1) is 0 Å². The van der Waals surface area contributed by atoms with Crippen LogP contribution in [0.25, 0.3) is 22.8 Å². The SMILES string of the molecule is COc1ccc(-c2nnc(Cc3nc(-c4ccc(OC)c(OC)c4)no3)o2)cc1. The molecule has 9 heteroatoms. The number of benzene rings is 2.